The zero-order valence-electron chi connectivity index (χ0n) is 11.2. The van der Waals surface area contributed by atoms with Crippen molar-refractivity contribution in [2.24, 2.45) is 5.73 Å². The molecule has 1 amide bonds. The number of primary amides is 1. The first-order valence-electron chi connectivity index (χ1n) is 6.19. The molecule has 0 aliphatic carbocycles. The molecule has 21 heavy (non-hydrogen) atoms. The summed E-state index contributed by atoms with van der Waals surface area (Å²) in [4.78, 5) is 11.3. The van der Waals surface area contributed by atoms with Gasteiger partial charge in [0.1, 0.15) is 5.82 Å². The minimum Gasteiger partial charge on any atom is -0.378 e. The second-order valence-corrected chi connectivity index (χ2v) is 5.41. The van der Waals surface area contributed by atoms with Crippen LogP contribution in [0.4, 0.5) is 10.1 Å². The third-order valence-electron chi connectivity index (χ3n) is 3.06. The Morgan fingerprint density at radius 2 is 1.90 bits per heavy atom. The summed E-state index contributed by atoms with van der Waals surface area (Å²) in [6.07, 6.45) is 0. The summed E-state index contributed by atoms with van der Waals surface area (Å²) < 4.78 is 13.2. The number of anilines is 1. The molecule has 0 radical (unpaired) electrons. The van der Waals surface area contributed by atoms with E-state index in [2.05, 4.69) is 5.32 Å². The number of carbonyl (C=O) groups excluding carboxylic acids is 1. The van der Waals surface area contributed by atoms with Crippen LogP contribution in [0.25, 0.3) is 0 Å². The van der Waals surface area contributed by atoms with Crippen LogP contribution in [0.1, 0.15) is 28.9 Å². The fourth-order valence-electron chi connectivity index (χ4n) is 1.92. The first-order chi connectivity index (χ1) is 9.88. The lowest BCUT2D eigenvalue weighted by Crippen LogP contribution is -2.13. The minimum absolute atomic E-state index is 0.0649. The Labute approximate surface area is 131 Å². The van der Waals surface area contributed by atoms with Gasteiger partial charge < -0.3 is 11.1 Å². The van der Waals surface area contributed by atoms with Crippen molar-refractivity contribution in [1.82, 2.24) is 0 Å². The Balaban J connectivity index is 2.23. The van der Waals surface area contributed by atoms with Gasteiger partial charge in [-0.2, -0.15) is 0 Å². The number of nitrogens with one attached hydrogen (secondary N) is 1. The smallest absolute Gasteiger partial charge is 0.250 e. The van der Waals surface area contributed by atoms with E-state index < -0.39 is 11.7 Å². The van der Waals surface area contributed by atoms with Crippen LogP contribution in [-0.4, -0.2) is 5.91 Å². The quantitative estimate of drug-likeness (QED) is 0.874. The first-order valence-corrected chi connectivity index (χ1v) is 6.95. The molecule has 1 atom stereocenters. The number of halogens is 3. The van der Waals surface area contributed by atoms with Crippen LogP contribution in [0.2, 0.25) is 10.0 Å². The molecule has 2 rings (SSSR count). The van der Waals surface area contributed by atoms with Gasteiger partial charge in [-0.05, 0) is 42.8 Å². The van der Waals surface area contributed by atoms with E-state index in [4.69, 9.17) is 28.9 Å². The van der Waals surface area contributed by atoms with Gasteiger partial charge in [-0.25, -0.2) is 4.39 Å². The highest BCUT2D eigenvalue weighted by Crippen LogP contribution is 2.26. The van der Waals surface area contributed by atoms with Gasteiger partial charge in [0.15, 0.2) is 0 Å². The molecule has 0 aliphatic heterocycles. The van der Waals surface area contributed by atoms with Gasteiger partial charge in [-0.15, -0.1) is 0 Å². The van der Waals surface area contributed by atoms with Crippen LogP contribution >= 0.6 is 23.2 Å². The van der Waals surface area contributed by atoms with E-state index in [9.17, 15) is 9.18 Å². The Morgan fingerprint density at radius 3 is 2.52 bits per heavy atom. The number of amides is 1. The SMILES string of the molecule is CC(Nc1ccc(Cl)c(C(N)=O)c1)c1ccc(F)c(Cl)c1. The molecule has 110 valence electrons. The molecule has 0 aliphatic rings. The number of rotatable bonds is 4. The molecule has 0 saturated heterocycles. The van der Waals surface area contributed by atoms with Gasteiger partial charge in [0.2, 0.25) is 5.91 Å². The molecule has 1 unspecified atom stereocenters. The van der Waals surface area contributed by atoms with Crippen LogP contribution in [-0.2, 0) is 0 Å². The van der Waals surface area contributed by atoms with Crippen molar-refractivity contribution in [3.63, 3.8) is 0 Å². The van der Waals surface area contributed by atoms with Crippen molar-refractivity contribution in [1.29, 1.82) is 0 Å². The molecular weight excluding hydrogens is 314 g/mol. The standard InChI is InChI=1S/C15H13Cl2FN2O/c1-8(9-2-5-14(18)13(17)6-9)20-10-3-4-12(16)11(7-10)15(19)21/h2-8,20H,1H3,(H2,19,21). The number of nitrogens with two attached hydrogens (primary N) is 1. The first kappa shape index (κ1) is 15.6. The Bertz CT molecular complexity index is 691. The van der Waals surface area contributed by atoms with Crippen LogP contribution in [0.15, 0.2) is 36.4 Å². The lowest BCUT2D eigenvalue weighted by atomic mass is 10.1. The van der Waals surface area contributed by atoms with Crippen molar-refractivity contribution < 1.29 is 9.18 Å². The largest absolute Gasteiger partial charge is 0.378 e. The van der Waals surface area contributed by atoms with Crippen molar-refractivity contribution >= 4 is 34.8 Å². The van der Waals surface area contributed by atoms with Gasteiger partial charge in [0.25, 0.3) is 0 Å². The molecule has 0 spiro atoms. The molecule has 0 heterocycles. The molecule has 3 N–H and O–H groups in total. The Kier molecular flexibility index (Phi) is 4.70. The molecule has 0 aromatic heterocycles. The average molecular weight is 327 g/mol. The van der Waals surface area contributed by atoms with Crippen LogP contribution in [0, 0.1) is 5.82 Å². The maximum atomic E-state index is 13.2. The van der Waals surface area contributed by atoms with Gasteiger partial charge in [-0.3, -0.25) is 4.79 Å². The van der Waals surface area contributed by atoms with Crippen molar-refractivity contribution in [2.45, 2.75) is 13.0 Å². The van der Waals surface area contributed by atoms with Crippen molar-refractivity contribution in [2.75, 3.05) is 5.32 Å². The molecule has 2 aromatic carbocycles. The van der Waals surface area contributed by atoms with E-state index in [-0.39, 0.29) is 16.6 Å². The van der Waals surface area contributed by atoms with Crippen molar-refractivity contribution in [3.8, 4) is 0 Å². The Hall–Kier alpha value is -1.78. The minimum atomic E-state index is -0.596. The lowest BCUT2D eigenvalue weighted by molar-refractivity contribution is 0.100. The third-order valence-corrected chi connectivity index (χ3v) is 3.68. The van der Waals surface area contributed by atoms with E-state index in [1.165, 1.54) is 6.07 Å². The maximum absolute atomic E-state index is 13.2. The molecule has 3 nitrogen and oxygen atoms in total. The fourth-order valence-corrected chi connectivity index (χ4v) is 2.32. The highest BCUT2D eigenvalue weighted by Gasteiger charge is 2.11. The zero-order chi connectivity index (χ0) is 15.6. The molecule has 6 heteroatoms. The summed E-state index contributed by atoms with van der Waals surface area (Å²) in [6, 6.07) is 9.28. The highest BCUT2D eigenvalue weighted by atomic mass is 35.5. The maximum Gasteiger partial charge on any atom is 0.250 e. The summed E-state index contributed by atoms with van der Waals surface area (Å²) in [5, 5.41) is 3.54. The van der Waals surface area contributed by atoms with E-state index >= 15 is 0 Å². The second-order valence-electron chi connectivity index (χ2n) is 4.60. The van der Waals surface area contributed by atoms with Crippen molar-refractivity contribution in [3.05, 3.63) is 63.4 Å². The monoisotopic (exact) mass is 326 g/mol. The van der Waals surface area contributed by atoms with Gasteiger partial charge in [0, 0.05) is 11.7 Å². The Morgan fingerprint density at radius 1 is 1.19 bits per heavy atom. The third kappa shape index (κ3) is 3.65. The topological polar surface area (TPSA) is 55.1 Å². The predicted octanol–water partition coefficient (Wildman–Crippen LogP) is 4.40. The number of carbonyl (C=O) groups is 1. The van der Waals surface area contributed by atoms with E-state index in [0.717, 1.165) is 5.56 Å². The summed E-state index contributed by atoms with van der Waals surface area (Å²) in [5.74, 6) is -1.06. The normalized spacial score (nSPS) is 12.0. The second kappa shape index (κ2) is 6.33. The average Bonchev–Trinajstić information content (AvgIpc) is 2.43. The summed E-state index contributed by atoms with van der Waals surface area (Å²) >= 11 is 11.7. The molecule has 2 aromatic rings. The predicted molar refractivity (Wildman–Crippen MR) is 83.4 cm³/mol. The highest BCUT2D eigenvalue weighted by molar-refractivity contribution is 6.33. The lowest BCUT2D eigenvalue weighted by Gasteiger charge is -2.17. The molecule has 0 fully saturated rings. The van der Waals surface area contributed by atoms with Gasteiger partial charge in [-0.1, -0.05) is 29.3 Å². The van der Waals surface area contributed by atoms with Crippen LogP contribution in [0.5, 0.6) is 0 Å². The number of hydrogen-bond donors (Lipinski definition) is 2. The van der Waals surface area contributed by atoms with E-state index in [1.807, 2.05) is 6.92 Å². The number of benzene rings is 2. The van der Waals surface area contributed by atoms with E-state index in [0.29, 0.717) is 10.7 Å². The summed E-state index contributed by atoms with van der Waals surface area (Å²) in [6.45, 7) is 1.89. The fraction of sp³-hybridized carbons (Fsp3) is 0.133. The van der Waals surface area contributed by atoms with Crippen LogP contribution in [0.3, 0.4) is 0 Å². The summed E-state index contributed by atoms with van der Waals surface area (Å²) in [7, 11) is 0. The van der Waals surface area contributed by atoms with Gasteiger partial charge >= 0.3 is 0 Å². The van der Waals surface area contributed by atoms with Gasteiger partial charge in [0.05, 0.1) is 15.6 Å². The summed E-state index contributed by atoms with van der Waals surface area (Å²) in [5.41, 5.74) is 6.99. The zero-order valence-corrected chi connectivity index (χ0v) is 12.7. The number of hydrogen-bond acceptors (Lipinski definition) is 2. The molecule has 0 bridgehead atoms. The molecular formula is C15H13Cl2FN2O. The van der Waals surface area contributed by atoms with E-state index in [1.54, 1.807) is 30.3 Å². The molecule has 0 saturated carbocycles. The van der Waals surface area contributed by atoms with Crippen LogP contribution < -0.4 is 11.1 Å².